The molecule has 4 rings (SSSR count). The van der Waals surface area contributed by atoms with Crippen molar-refractivity contribution in [1.82, 2.24) is 4.57 Å². The summed E-state index contributed by atoms with van der Waals surface area (Å²) in [7, 11) is 0. The number of primary amides is 1. The highest BCUT2D eigenvalue weighted by Crippen LogP contribution is 2.35. The van der Waals surface area contributed by atoms with Crippen LogP contribution in [-0.2, 0) is 6.54 Å². The van der Waals surface area contributed by atoms with Crippen LogP contribution in [-0.4, -0.2) is 10.5 Å². The van der Waals surface area contributed by atoms with E-state index in [1.807, 2.05) is 12.1 Å². The molecule has 0 saturated heterocycles. The molecular formula is C20H20ClN2O. The number of fused-ring (bicyclic) bond motifs is 3. The molecule has 3 nitrogen and oxygen atoms in total. The summed E-state index contributed by atoms with van der Waals surface area (Å²) in [5, 5.41) is 2.49. The predicted octanol–water partition coefficient (Wildman–Crippen LogP) is 4.93. The summed E-state index contributed by atoms with van der Waals surface area (Å²) in [6.07, 6.45) is 6.49. The molecule has 3 aromatic rings. The summed E-state index contributed by atoms with van der Waals surface area (Å²) in [6.45, 7) is 0.955. The van der Waals surface area contributed by atoms with Crippen LogP contribution in [0.5, 0.6) is 0 Å². The zero-order valence-electron chi connectivity index (χ0n) is 13.5. The number of aromatic nitrogens is 1. The van der Waals surface area contributed by atoms with Gasteiger partial charge in [0.25, 0.3) is 0 Å². The van der Waals surface area contributed by atoms with E-state index >= 15 is 0 Å². The van der Waals surface area contributed by atoms with Crippen molar-refractivity contribution in [1.29, 1.82) is 0 Å². The Morgan fingerprint density at radius 3 is 2.79 bits per heavy atom. The maximum atomic E-state index is 11.9. The van der Waals surface area contributed by atoms with Crippen LogP contribution in [0.15, 0.2) is 30.3 Å². The summed E-state index contributed by atoms with van der Waals surface area (Å²) < 4.78 is 2.30. The molecule has 0 atom stereocenters. The number of nitrogens with two attached hydrogens (primary N) is 1. The van der Waals surface area contributed by atoms with Crippen LogP contribution >= 0.6 is 11.6 Å². The third-order valence-electron chi connectivity index (χ3n) is 5.19. The zero-order valence-corrected chi connectivity index (χ0v) is 14.3. The van der Waals surface area contributed by atoms with Gasteiger partial charge in [-0.1, -0.05) is 36.9 Å². The normalized spacial score (nSPS) is 16.0. The van der Waals surface area contributed by atoms with Gasteiger partial charge in [0.1, 0.15) is 0 Å². The number of rotatable bonds is 3. The van der Waals surface area contributed by atoms with Gasteiger partial charge in [-0.05, 0) is 49.1 Å². The Balaban J connectivity index is 1.96. The van der Waals surface area contributed by atoms with Gasteiger partial charge in [0.2, 0.25) is 5.91 Å². The third-order valence-corrected chi connectivity index (χ3v) is 5.41. The summed E-state index contributed by atoms with van der Waals surface area (Å²) in [5.41, 5.74) is 8.25. The van der Waals surface area contributed by atoms with E-state index < -0.39 is 5.91 Å². The fraction of sp³-hybridized carbons (Fsp3) is 0.350. The summed E-state index contributed by atoms with van der Waals surface area (Å²) in [5.74, 6) is 0.273. The number of hydrogen-bond acceptors (Lipinski definition) is 1. The average molecular weight is 340 g/mol. The Labute approximate surface area is 146 Å². The Morgan fingerprint density at radius 2 is 2.04 bits per heavy atom. The minimum atomic E-state index is -0.402. The Morgan fingerprint density at radius 1 is 1.25 bits per heavy atom. The Bertz CT molecular complexity index is 922. The molecule has 1 aromatic heterocycles. The molecule has 24 heavy (non-hydrogen) atoms. The minimum absolute atomic E-state index is 0.402. The van der Waals surface area contributed by atoms with E-state index in [2.05, 4.69) is 16.7 Å². The number of carbonyl (C=O) groups excluding carboxylic acids is 1. The van der Waals surface area contributed by atoms with Crippen molar-refractivity contribution in [3.8, 4) is 0 Å². The molecule has 1 fully saturated rings. The average Bonchev–Trinajstić information content (AvgIpc) is 2.89. The highest BCUT2D eigenvalue weighted by molar-refractivity contribution is 6.31. The first-order valence-electron chi connectivity index (χ1n) is 8.57. The lowest BCUT2D eigenvalue weighted by molar-refractivity contribution is 0.100. The first kappa shape index (κ1) is 15.5. The molecule has 123 valence electrons. The summed E-state index contributed by atoms with van der Waals surface area (Å²) in [6, 6.07) is 12.7. The van der Waals surface area contributed by atoms with Crippen LogP contribution < -0.4 is 5.73 Å². The molecule has 1 radical (unpaired) electrons. The molecule has 1 saturated carbocycles. The fourth-order valence-corrected chi connectivity index (χ4v) is 4.22. The number of amides is 1. The third kappa shape index (κ3) is 2.57. The van der Waals surface area contributed by atoms with Crippen molar-refractivity contribution in [2.45, 2.75) is 38.6 Å². The zero-order chi connectivity index (χ0) is 16.7. The van der Waals surface area contributed by atoms with Crippen LogP contribution in [0.3, 0.4) is 0 Å². The van der Waals surface area contributed by atoms with E-state index in [4.69, 9.17) is 17.3 Å². The quantitative estimate of drug-likeness (QED) is 0.722. The van der Waals surface area contributed by atoms with Gasteiger partial charge in [0, 0.05) is 33.4 Å². The molecule has 0 aliphatic heterocycles. The second kappa shape index (κ2) is 6.14. The van der Waals surface area contributed by atoms with Crippen LogP contribution in [0.1, 0.15) is 42.5 Å². The van der Waals surface area contributed by atoms with Gasteiger partial charge in [0.15, 0.2) is 0 Å². The van der Waals surface area contributed by atoms with Gasteiger partial charge in [-0.2, -0.15) is 0 Å². The van der Waals surface area contributed by atoms with Crippen molar-refractivity contribution < 1.29 is 4.79 Å². The molecule has 0 unspecified atom stereocenters. The molecule has 0 spiro atoms. The van der Waals surface area contributed by atoms with Crippen LogP contribution in [0, 0.1) is 12.0 Å². The fourth-order valence-electron chi connectivity index (χ4n) is 4.06. The van der Waals surface area contributed by atoms with Gasteiger partial charge in [0.05, 0.1) is 5.52 Å². The van der Waals surface area contributed by atoms with Crippen LogP contribution in [0.2, 0.25) is 5.02 Å². The number of benzene rings is 2. The predicted molar refractivity (Wildman–Crippen MR) is 98.4 cm³/mol. The SMILES string of the molecule is NC(=O)c1cccc2c1c1[c]cc(Cl)cc1n2CC1CCCCC1. The molecule has 2 N–H and O–H groups in total. The molecule has 4 heteroatoms. The first-order chi connectivity index (χ1) is 11.6. The van der Waals surface area contributed by atoms with Crippen molar-refractivity contribution in [3.63, 3.8) is 0 Å². The van der Waals surface area contributed by atoms with Crippen LogP contribution in [0.25, 0.3) is 21.8 Å². The molecule has 2 aromatic carbocycles. The Hall–Kier alpha value is -2.00. The van der Waals surface area contributed by atoms with Crippen molar-refractivity contribution in [3.05, 3.63) is 47.0 Å². The van der Waals surface area contributed by atoms with Gasteiger partial charge in [-0.25, -0.2) is 0 Å². The lowest BCUT2D eigenvalue weighted by Crippen LogP contribution is -2.14. The highest BCUT2D eigenvalue weighted by Gasteiger charge is 2.20. The maximum Gasteiger partial charge on any atom is 0.249 e. The summed E-state index contributed by atoms with van der Waals surface area (Å²) >= 11 is 6.23. The monoisotopic (exact) mass is 339 g/mol. The molecular weight excluding hydrogens is 320 g/mol. The number of hydrogen-bond donors (Lipinski definition) is 1. The van der Waals surface area contributed by atoms with E-state index in [1.165, 1.54) is 32.1 Å². The molecule has 1 amide bonds. The van der Waals surface area contributed by atoms with E-state index in [-0.39, 0.29) is 0 Å². The van der Waals surface area contributed by atoms with Gasteiger partial charge >= 0.3 is 0 Å². The van der Waals surface area contributed by atoms with E-state index in [0.717, 1.165) is 28.4 Å². The largest absolute Gasteiger partial charge is 0.366 e. The van der Waals surface area contributed by atoms with E-state index in [9.17, 15) is 4.79 Å². The van der Waals surface area contributed by atoms with Gasteiger partial charge < -0.3 is 10.3 Å². The second-order valence-corrected chi connectivity index (χ2v) is 7.19. The van der Waals surface area contributed by atoms with Gasteiger partial charge in [-0.15, -0.1) is 0 Å². The number of nitrogens with zero attached hydrogens (tertiary/aromatic N) is 1. The number of carbonyl (C=O) groups is 1. The Kier molecular flexibility index (Phi) is 3.97. The van der Waals surface area contributed by atoms with Gasteiger partial charge in [-0.3, -0.25) is 4.79 Å². The standard InChI is InChI=1S/C20H20ClN2O/c21-14-9-10-15-18(11-14)23(12-13-5-2-1-3-6-13)17-8-4-7-16(19(15)17)20(22)24/h4,7-9,11,13H,1-3,5-6,12H2,(H2,22,24). The maximum absolute atomic E-state index is 11.9. The number of halogens is 1. The minimum Gasteiger partial charge on any atom is -0.366 e. The summed E-state index contributed by atoms with van der Waals surface area (Å²) in [4.78, 5) is 11.9. The highest BCUT2D eigenvalue weighted by atomic mass is 35.5. The molecule has 1 aliphatic rings. The van der Waals surface area contributed by atoms with Crippen molar-refractivity contribution >= 4 is 39.3 Å². The van der Waals surface area contributed by atoms with E-state index in [0.29, 0.717) is 16.5 Å². The topological polar surface area (TPSA) is 48.0 Å². The second-order valence-electron chi connectivity index (χ2n) is 6.76. The molecule has 1 aliphatic carbocycles. The lowest BCUT2D eigenvalue weighted by Gasteiger charge is -2.23. The van der Waals surface area contributed by atoms with E-state index in [1.54, 1.807) is 12.1 Å². The van der Waals surface area contributed by atoms with Crippen LogP contribution in [0.4, 0.5) is 0 Å². The first-order valence-corrected chi connectivity index (χ1v) is 8.95. The smallest absolute Gasteiger partial charge is 0.249 e. The molecule has 1 heterocycles. The lowest BCUT2D eigenvalue weighted by atomic mass is 9.89. The van der Waals surface area contributed by atoms with Crippen molar-refractivity contribution in [2.24, 2.45) is 11.7 Å². The molecule has 0 bridgehead atoms. The van der Waals surface area contributed by atoms with Crippen molar-refractivity contribution in [2.75, 3.05) is 0 Å².